The molecule has 11 heteroatoms. The molecule has 1 fully saturated rings. The van der Waals surface area contributed by atoms with Gasteiger partial charge in [-0.1, -0.05) is 25.5 Å². The lowest BCUT2D eigenvalue weighted by Crippen LogP contribution is -2.34. The van der Waals surface area contributed by atoms with Gasteiger partial charge in [0.05, 0.1) is 25.0 Å². The van der Waals surface area contributed by atoms with E-state index in [0.29, 0.717) is 60.9 Å². The van der Waals surface area contributed by atoms with E-state index in [1.54, 1.807) is 24.3 Å². The Morgan fingerprint density at radius 1 is 1.00 bits per heavy atom. The molecule has 0 unspecified atom stereocenters. The van der Waals surface area contributed by atoms with Crippen LogP contribution in [0.4, 0.5) is 23.7 Å². The van der Waals surface area contributed by atoms with Crippen LogP contribution >= 0.6 is 0 Å². The third-order valence-corrected chi connectivity index (χ3v) is 6.49. The average Bonchev–Trinajstić information content (AvgIpc) is 3.18. The fourth-order valence-electron chi connectivity index (χ4n) is 4.65. The smallest absolute Gasteiger partial charge is 0.417 e. The molecule has 1 aromatic heterocycles. The van der Waals surface area contributed by atoms with Crippen molar-refractivity contribution >= 4 is 28.6 Å². The summed E-state index contributed by atoms with van der Waals surface area (Å²) in [5.41, 5.74) is -1.26. The Morgan fingerprint density at radius 2 is 1.77 bits per heavy atom. The van der Waals surface area contributed by atoms with Crippen LogP contribution in [0.5, 0.6) is 11.5 Å². The quantitative estimate of drug-likeness (QED) is 0.172. The molecule has 3 aromatic rings. The predicted octanol–water partition coefficient (Wildman–Crippen LogP) is 5.79. The Morgan fingerprint density at radius 3 is 2.49 bits per heavy atom. The number of urea groups is 1. The number of benzene rings is 2. The fourth-order valence-corrected chi connectivity index (χ4v) is 4.65. The summed E-state index contributed by atoms with van der Waals surface area (Å²) in [5.74, 6) is 0.578. The van der Waals surface area contributed by atoms with E-state index >= 15 is 0 Å². The summed E-state index contributed by atoms with van der Waals surface area (Å²) in [7, 11) is 1.50. The molecule has 1 saturated heterocycles. The average molecular weight is 547 g/mol. The number of ether oxygens (including phenoxy) is 2. The van der Waals surface area contributed by atoms with E-state index in [0.717, 1.165) is 0 Å². The van der Waals surface area contributed by atoms with Crippen LogP contribution in [0.25, 0.3) is 11.0 Å². The zero-order valence-corrected chi connectivity index (χ0v) is 21.7. The second kappa shape index (κ2) is 11.8. The van der Waals surface area contributed by atoms with E-state index in [-0.39, 0.29) is 36.6 Å². The first-order chi connectivity index (χ1) is 18.7. The zero-order valence-electron chi connectivity index (χ0n) is 21.7. The monoisotopic (exact) mass is 546 g/mol. The number of carbonyl (C=O) groups excluding carboxylic acids is 2. The van der Waals surface area contributed by atoms with Crippen molar-refractivity contribution in [2.75, 3.05) is 31.7 Å². The Labute approximate surface area is 222 Å². The first kappa shape index (κ1) is 28.0. The van der Waals surface area contributed by atoms with Crippen molar-refractivity contribution in [3.05, 3.63) is 64.0 Å². The van der Waals surface area contributed by atoms with Gasteiger partial charge < -0.3 is 13.9 Å². The van der Waals surface area contributed by atoms with Crippen molar-refractivity contribution in [2.45, 2.75) is 45.2 Å². The molecule has 4 rings (SSSR count). The molecular formula is C28H29F3N2O6. The van der Waals surface area contributed by atoms with Crippen molar-refractivity contribution in [3.63, 3.8) is 0 Å². The number of imide groups is 1. The highest BCUT2D eigenvalue weighted by Crippen LogP contribution is 2.37. The molecule has 0 radical (unpaired) electrons. The van der Waals surface area contributed by atoms with Crippen LogP contribution in [0.2, 0.25) is 0 Å². The van der Waals surface area contributed by atoms with Crippen LogP contribution in [-0.2, 0) is 17.4 Å². The zero-order chi connectivity index (χ0) is 28.2. The predicted molar refractivity (Wildman–Crippen MR) is 138 cm³/mol. The molecular weight excluding hydrogens is 517 g/mol. The lowest BCUT2D eigenvalue weighted by molar-refractivity contribution is -0.136. The number of halogens is 3. The first-order valence-electron chi connectivity index (χ1n) is 12.7. The summed E-state index contributed by atoms with van der Waals surface area (Å²) >= 11 is 0. The van der Waals surface area contributed by atoms with E-state index in [1.807, 2.05) is 6.92 Å². The number of rotatable bonds is 11. The number of unbranched alkanes of at least 4 members (excludes halogenated alkanes) is 2. The maximum absolute atomic E-state index is 13.5. The van der Waals surface area contributed by atoms with Gasteiger partial charge in [-0.15, -0.1) is 0 Å². The number of hydrogen-bond acceptors (Lipinski definition) is 6. The lowest BCUT2D eigenvalue weighted by atomic mass is 10.0. The van der Waals surface area contributed by atoms with Gasteiger partial charge >= 0.3 is 17.8 Å². The number of carbonyl (C=O) groups is 2. The topological polar surface area (TPSA) is 89.3 Å². The molecule has 0 aliphatic carbocycles. The number of nitrogens with zero attached hydrogens (tertiary/aromatic N) is 2. The largest absolute Gasteiger partial charge is 0.495 e. The molecule has 208 valence electrons. The third-order valence-electron chi connectivity index (χ3n) is 6.49. The van der Waals surface area contributed by atoms with Crippen molar-refractivity contribution in [2.24, 2.45) is 0 Å². The second-order valence-corrected chi connectivity index (χ2v) is 9.14. The van der Waals surface area contributed by atoms with Crippen LogP contribution < -0.4 is 20.0 Å². The standard InChI is InChI=1S/C28H29F3N2O6/c1-3-9-19-22(13-12-18-20(28(29,30)31)16-25(35)39-26(18)19)38-15-8-4-7-14-32-24(34)17-33(27(32)36)21-10-5-6-11-23(21)37-2/h5-6,10-13,16H,3-4,7-9,14-15,17H2,1-2H3. The van der Waals surface area contributed by atoms with Gasteiger partial charge in [0.1, 0.15) is 23.6 Å². The highest BCUT2D eigenvalue weighted by molar-refractivity contribution is 6.12. The molecule has 0 saturated carbocycles. The normalized spacial score (nSPS) is 14.0. The minimum Gasteiger partial charge on any atom is -0.495 e. The van der Waals surface area contributed by atoms with Gasteiger partial charge in [0.25, 0.3) is 5.91 Å². The summed E-state index contributed by atoms with van der Waals surface area (Å²) in [6.45, 7) is 2.33. The lowest BCUT2D eigenvalue weighted by Gasteiger charge is -2.19. The summed E-state index contributed by atoms with van der Waals surface area (Å²) in [6.07, 6.45) is -1.91. The summed E-state index contributed by atoms with van der Waals surface area (Å²) < 4.78 is 56.8. The number of hydrogen-bond donors (Lipinski definition) is 0. The Hall–Kier alpha value is -4.02. The molecule has 0 bridgehead atoms. The Balaban J connectivity index is 1.35. The molecule has 3 amide bonds. The van der Waals surface area contributed by atoms with Gasteiger partial charge in [0.15, 0.2) is 0 Å². The third kappa shape index (κ3) is 6.02. The van der Waals surface area contributed by atoms with E-state index in [1.165, 1.54) is 29.0 Å². The van der Waals surface area contributed by atoms with Gasteiger partial charge in [0.2, 0.25) is 0 Å². The SMILES string of the molecule is CCCc1c(OCCCCCN2C(=O)CN(c3ccccc3OC)C2=O)ccc2c(C(F)(F)F)cc(=O)oc12. The van der Waals surface area contributed by atoms with E-state index in [4.69, 9.17) is 13.9 Å². The molecule has 1 aliphatic rings. The van der Waals surface area contributed by atoms with Crippen LogP contribution in [0.3, 0.4) is 0 Å². The molecule has 0 N–H and O–H groups in total. The van der Waals surface area contributed by atoms with Crippen LogP contribution in [0, 0.1) is 0 Å². The van der Waals surface area contributed by atoms with Crippen molar-refractivity contribution in [1.82, 2.24) is 4.90 Å². The maximum atomic E-state index is 13.5. The number of alkyl halides is 3. The molecule has 1 aliphatic heterocycles. The van der Waals surface area contributed by atoms with E-state index < -0.39 is 23.4 Å². The number of amides is 3. The molecule has 0 atom stereocenters. The number of aryl methyl sites for hydroxylation is 1. The summed E-state index contributed by atoms with van der Waals surface area (Å²) in [6, 6.07) is 9.78. The summed E-state index contributed by atoms with van der Waals surface area (Å²) in [4.78, 5) is 39.8. The summed E-state index contributed by atoms with van der Waals surface area (Å²) in [5, 5.41) is -0.181. The Bertz CT molecular complexity index is 1420. The Kier molecular flexibility index (Phi) is 8.47. The number of fused-ring (bicyclic) bond motifs is 1. The number of methoxy groups -OCH3 is 1. The molecule has 39 heavy (non-hydrogen) atoms. The highest BCUT2D eigenvalue weighted by atomic mass is 19.4. The van der Waals surface area contributed by atoms with Gasteiger partial charge in [-0.2, -0.15) is 13.2 Å². The van der Waals surface area contributed by atoms with E-state index in [2.05, 4.69) is 0 Å². The van der Waals surface area contributed by atoms with Crippen LogP contribution in [-0.4, -0.2) is 43.6 Å². The van der Waals surface area contributed by atoms with Gasteiger partial charge in [-0.3, -0.25) is 14.6 Å². The van der Waals surface area contributed by atoms with Crippen LogP contribution in [0.1, 0.15) is 43.7 Å². The minimum atomic E-state index is -4.69. The van der Waals surface area contributed by atoms with Gasteiger partial charge in [-0.05, 0) is 49.9 Å². The number of para-hydroxylation sites is 2. The number of anilines is 1. The van der Waals surface area contributed by atoms with Crippen molar-refractivity contribution in [3.8, 4) is 11.5 Å². The minimum absolute atomic E-state index is 0.0589. The first-order valence-corrected chi connectivity index (χ1v) is 12.7. The highest BCUT2D eigenvalue weighted by Gasteiger charge is 2.37. The van der Waals surface area contributed by atoms with Crippen molar-refractivity contribution < 1.29 is 36.7 Å². The maximum Gasteiger partial charge on any atom is 0.417 e. The van der Waals surface area contributed by atoms with Gasteiger partial charge in [-0.25, -0.2) is 9.59 Å². The molecule has 2 heterocycles. The van der Waals surface area contributed by atoms with Crippen LogP contribution in [0.15, 0.2) is 51.7 Å². The second-order valence-electron chi connectivity index (χ2n) is 9.14. The van der Waals surface area contributed by atoms with Crippen molar-refractivity contribution in [1.29, 1.82) is 0 Å². The fraction of sp³-hybridized carbons (Fsp3) is 0.393. The van der Waals surface area contributed by atoms with Gasteiger partial charge in [0, 0.05) is 23.6 Å². The molecule has 8 nitrogen and oxygen atoms in total. The molecule has 2 aromatic carbocycles. The van der Waals surface area contributed by atoms with E-state index in [9.17, 15) is 27.6 Å². The molecule has 0 spiro atoms.